The Hall–Kier alpha value is -5.21. The second-order valence-corrected chi connectivity index (χ2v) is 10.8. The quantitative estimate of drug-likeness (QED) is 0.263. The number of likely N-dealkylation sites (tertiary alicyclic amines) is 1. The van der Waals surface area contributed by atoms with Gasteiger partial charge in [0.15, 0.2) is 11.5 Å². The van der Waals surface area contributed by atoms with Gasteiger partial charge in [-0.05, 0) is 36.8 Å². The van der Waals surface area contributed by atoms with E-state index in [2.05, 4.69) is 26.5 Å². The van der Waals surface area contributed by atoms with Crippen molar-refractivity contribution in [3.63, 3.8) is 0 Å². The molecule has 0 spiro atoms. The molecule has 2 unspecified atom stereocenters. The van der Waals surface area contributed by atoms with Crippen LogP contribution in [-0.4, -0.2) is 55.2 Å². The number of nitrogens with zero attached hydrogens (tertiary/aromatic N) is 6. The maximum Gasteiger partial charge on any atom is 0.247 e. The first-order chi connectivity index (χ1) is 21.2. The molecule has 1 N–H and O–H groups in total. The Bertz CT molecular complexity index is 1960. The number of alkyl halides is 1. The van der Waals surface area contributed by atoms with Crippen molar-refractivity contribution >= 4 is 40.0 Å². The summed E-state index contributed by atoms with van der Waals surface area (Å²) >= 11 is 6.25. The van der Waals surface area contributed by atoms with Gasteiger partial charge in [0.25, 0.3) is 0 Å². The predicted molar refractivity (Wildman–Crippen MR) is 161 cm³/mol. The van der Waals surface area contributed by atoms with Gasteiger partial charge in [-0.15, -0.1) is 0 Å². The van der Waals surface area contributed by atoms with E-state index in [1.807, 2.05) is 0 Å². The molecule has 3 heterocycles. The van der Waals surface area contributed by atoms with Crippen LogP contribution in [0.3, 0.4) is 0 Å². The maximum atomic E-state index is 15.5. The van der Waals surface area contributed by atoms with Crippen molar-refractivity contribution in [3.8, 4) is 28.3 Å². The summed E-state index contributed by atoms with van der Waals surface area (Å²) in [7, 11) is 0. The van der Waals surface area contributed by atoms with E-state index in [-0.39, 0.29) is 36.5 Å². The second-order valence-electron chi connectivity index (χ2n) is 10.4. The standard InChI is InChI=1S/C32H24ClF2N7O2/c1-18-37-14-20(15-38-18)19-9-10-28-24(11-19)27(13-36)40-42(28)17-30(43)41-16-21(34)12-29(41)32(44)39-26-8-4-6-23(31(26)35)22-5-2-3-7-25(22)33/h2-11,14-15,21,29H,12,16-17H2,1H3,(H,39,44). The number of aromatic nitrogens is 4. The van der Waals surface area contributed by atoms with E-state index in [4.69, 9.17) is 11.6 Å². The van der Waals surface area contributed by atoms with Gasteiger partial charge >= 0.3 is 0 Å². The molecular formula is C32H24ClF2N7O2. The highest BCUT2D eigenvalue weighted by atomic mass is 35.5. The number of nitrogens with one attached hydrogen (secondary N) is 1. The number of anilines is 1. The number of nitriles is 1. The molecule has 1 fully saturated rings. The van der Waals surface area contributed by atoms with Crippen LogP contribution in [0.2, 0.25) is 5.02 Å². The Morgan fingerprint density at radius 2 is 1.82 bits per heavy atom. The average molecular weight is 612 g/mol. The Kier molecular flexibility index (Phi) is 7.76. The first-order valence-electron chi connectivity index (χ1n) is 13.7. The Labute approximate surface area is 255 Å². The molecule has 12 heteroatoms. The molecular weight excluding hydrogens is 588 g/mol. The van der Waals surface area contributed by atoms with Gasteiger partial charge in [-0.3, -0.25) is 14.3 Å². The minimum absolute atomic E-state index is 0.107. The number of hydrogen-bond acceptors (Lipinski definition) is 6. The summed E-state index contributed by atoms with van der Waals surface area (Å²) in [4.78, 5) is 36.3. The summed E-state index contributed by atoms with van der Waals surface area (Å²) in [6, 6.07) is 17.4. The van der Waals surface area contributed by atoms with Crippen LogP contribution in [-0.2, 0) is 16.1 Å². The first-order valence-corrected chi connectivity index (χ1v) is 14.1. The van der Waals surface area contributed by atoms with Gasteiger partial charge in [-0.2, -0.15) is 10.4 Å². The zero-order valence-corrected chi connectivity index (χ0v) is 24.1. The van der Waals surface area contributed by atoms with E-state index in [1.54, 1.807) is 67.8 Å². The minimum atomic E-state index is -1.45. The van der Waals surface area contributed by atoms with Gasteiger partial charge < -0.3 is 10.2 Å². The minimum Gasteiger partial charge on any atom is -0.326 e. The number of aryl methyl sites for hydroxylation is 1. The molecule has 9 nitrogen and oxygen atoms in total. The van der Waals surface area contributed by atoms with Crippen LogP contribution in [0.1, 0.15) is 17.9 Å². The molecule has 0 radical (unpaired) electrons. The number of fused-ring (bicyclic) bond motifs is 1. The molecule has 0 aliphatic carbocycles. The van der Waals surface area contributed by atoms with Crippen LogP contribution in [0.4, 0.5) is 14.5 Å². The van der Waals surface area contributed by atoms with Crippen LogP contribution in [0.25, 0.3) is 33.2 Å². The van der Waals surface area contributed by atoms with Crippen molar-refractivity contribution in [1.82, 2.24) is 24.6 Å². The van der Waals surface area contributed by atoms with Crippen molar-refractivity contribution in [1.29, 1.82) is 5.26 Å². The molecule has 0 bridgehead atoms. The van der Waals surface area contributed by atoms with E-state index in [0.717, 1.165) is 16.0 Å². The van der Waals surface area contributed by atoms with Crippen molar-refractivity contribution < 1.29 is 18.4 Å². The van der Waals surface area contributed by atoms with Crippen LogP contribution >= 0.6 is 11.6 Å². The first kappa shape index (κ1) is 28.9. The summed E-state index contributed by atoms with van der Waals surface area (Å²) in [5, 5.41) is 17.4. The number of carbonyl (C=O) groups is 2. The van der Waals surface area contributed by atoms with E-state index >= 15 is 4.39 Å². The largest absolute Gasteiger partial charge is 0.326 e. The molecule has 5 aromatic rings. The van der Waals surface area contributed by atoms with Gasteiger partial charge in [0.05, 0.1) is 17.7 Å². The number of carbonyl (C=O) groups excluding carboxylic acids is 2. The lowest BCUT2D eigenvalue weighted by atomic mass is 10.0. The lowest BCUT2D eigenvalue weighted by Gasteiger charge is -2.24. The highest BCUT2D eigenvalue weighted by molar-refractivity contribution is 6.33. The van der Waals surface area contributed by atoms with Crippen LogP contribution in [0.5, 0.6) is 0 Å². The van der Waals surface area contributed by atoms with Crippen molar-refractivity contribution in [2.75, 3.05) is 11.9 Å². The van der Waals surface area contributed by atoms with E-state index < -0.39 is 29.8 Å². The molecule has 1 aliphatic heterocycles. The molecule has 44 heavy (non-hydrogen) atoms. The smallest absolute Gasteiger partial charge is 0.247 e. The van der Waals surface area contributed by atoms with Gasteiger partial charge in [0, 0.05) is 45.9 Å². The van der Waals surface area contributed by atoms with Crippen molar-refractivity contribution in [3.05, 3.63) is 95.4 Å². The third-order valence-corrected chi connectivity index (χ3v) is 7.88. The molecule has 0 saturated carbocycles. The lowest BCUT2D eigenvalue weighted by Crippen LogP contribution is -2.44. The summed E-state index contributed by atoms with van der Waals surface area (Å²) < 4.78 is 31.5. The molecule has 2 aromatic heterocycles. The predicted octanol–water partition coefficient (Wildman–Crippen LogP) is 5.71. The average Bonchev–Trinajstić information content (AvgIpc) is 3.59. The number of amides is 2. The monoisotopic (exact) mass is 611 g/mol. The Balaban J connectivity index is 1.23. The Morgan fingerprint density at radius 1 is 1.07 bits per heavy atom. The molecule has 2 atom stereocenters. The number of rotatable bonds is 6. The maximum absolute atomic E-state index is 15.5. The normalized spacial score (nSPS) is 16.2. The fourth-order valence-electron chi connectivity index (χ4n) is 5.36. The molecule has 3 aromatic carbocycles. The van der Waals surface area contributed by atoms with Crippen molar-refractivity contribution in [2.45, 2.75) is 32.1 Å². The van der Waals surface area contributed by atoms with Crippen molar-refractivity contribution in [2.24, 2.45) is 0 Å². The molecule has 1 saturated heterocycles. The van der Waals surface area contributed by atoms with E-state index in [9.17, 15) is 19.2 Å². The summed E-state index contributed by atoms with van der Waals surface area (Å²) in [6.07, 6.45) is 1.66. The highest BCUT2D eigenvalue weighted by Gasteiger charge is 2.40. The molecule has 6 rings (SSSR count). The van der Waals surface area contributed by atoms with Crippen LogP contribution in [0.15, 0.2) is 73.1 Å². The molecule has 220 valence electrons. The third kappa shape index (κ3) is 5.47. The number of halogens is 3. The zero-order chi connectivity index (χ0) is 31.0. The summed E-state index contributed by atoms with van der Waals surface area (Å²) in [5.41, 5.74) is 2.66. The van der Waals surface area contributed by atoms with Gasteiger partial charge in [-0.1, -0.05) is 48.0 Å². The third-order valence-electron chi connectivity index (χ3n) is 7.55. The fourth-order valence-corrected chi connectivity index (χ4v) is 5.60. The van der Waals surface area contributed by atoms with Crippen LogP contribution < -0.4 is 5.32 Å². The molecule has 2 amide bonds. The molecule has 1 aliphatic rings. The second kappa shape index (κ2) is 11.8. The fraction of sp³-hybridized carbons (Fsp3) is 0.188. The zero-order valence-electron chi connectivity index (χ0n) is 23.3. The Morgan fingerprint density at radius 3 is 2.57 bits per heavy atom. The van der Waals surface area contributed by atoms with Gasteiger partial charge in [0.1, 0.15) is 30.7 Å². The highest BCUT2D eigenvalue weighted by Crippen LogP contribution is 2.33. The van der Waals surface area contributed by atoms with Gasteiger partial charge in [-0.25, -0.2) is 18.7 Å². The van der Waals surface area contributed by atoms with Gasteiger partial charge in [0.2, 0.25) is 11.8 Å². The lowest BCUT2D eigenvalue weighted by molar-refractivity contribution is -0.137. The van der Waals surface area contributed by atoms with Crippen LogP contribution in [0, 0.1) is 24.1 Å². The topological polar surface area (TPSA) is 117 Å². The SMILES string of the molecule is Cc1ncc(-c2ccc3c(c2)c(C#N)nn3CC(=O)N2CC(F)CC2C(=O)Nc2cccc(-c3ccccc3Cl)c2F)cn1. The van der Waals surface area contributed by atoms with E-state index in [1.165, 1.54) is 16.8 Å². The van der Waals surface area contributed by atoms with E-state index in [0.29, 0.717) is 27.3 Å². The summed E-state index contributed by atoms with van der Waals surface area (Å²) in [5.74, 6) is -1.37. The number of hydrogen-bond donors (Lipinski definition) is 1. The summed E-state index contributed by atoms with van der Waals surface area (Å²) in [6.45, 7) is 1.14. The number of benzene rings is 3.